The predicted molar refractivity (Wildman–Crippen MR) is 91.7 cm³/mol. The molecular weight excluding hydrogens is 326 g/mol. The molecule has 0 spiro atoms. The molecule has 8 heteroatoms. The number of hydrogen-bond acceptors (Lipinski definition) is 5. The van der Waals surface area contributed by atoms with Crippen LogP contribution in [0.25, 0.3) is 11.1 Å². The van der Waals surface area contributed by atoms with Crippen LogP contribution >= 0.6 is 0 Å². The van der Waals surface area contributed by atoms with Crippen molar-refractivity contribution in [1.29, 1.82) is 0 Å². The fourth-order valence-electron chi connectivity index (χ4n) is 2.47. The van der Waals surface area contributed by atoms with Crippen LogP contribution in [0.2, 0.25) is 0 Å². The zero-order chi connectivity index (χ0) is 17.8. The number of hydrogen-bond donors (Lipinski definition) is 2. The Bertz CT molecular complexity index is 862. The molecule has 1 aromatic carbocycles. The van der Waals surface area contributed by atoms with Crippen LogP contribution in [0, 0.1) is 6.92 Å². The van der Waals surface area contributed by atoms with Gasteiger partial charge in [-0.1, -0.05) is 6.07 Å². The topological polar surface area (TPSA) is 81.7 Å². The van der Waals surface area contributed by atoms with Crippen LogP contribution in [-0.4, -0.2) is 26.3 Å². The number of benzene rings is 1. The SMILES string of the molecule is Cc1cc(Nc2nccc(C(F)F)n2)cc(-c2cnn(CCN)c2)c1. The first kappa shape index (κ1) is 17.0. The Morgan fingerprint density at radius 1 is 1.24 bits per heavy atom. The molecule has 0 aliphatic carbocycles. The summed E-state index contributed by atoms with van der Waals surface area (Å²) >= 11 is 0. The molecule has 0 saturated heterocycles. The second-order valence-corrected chi connectivity index (χ2v) is 5.60. The molecule has 3 N–H and O–H groups in total. The van der Waals surface area contributed by atoms with Crippen LogP contribution in [0.3, 0.4) is 0 Å². The van der Waals surface area contributed by atoms with Crippen LogP contribution in [0.4, 0.5) is 20.4 Å². The number of halogens is 2. The van der Waals surface area contributed by atoms with E-state index in [1.807, 2.05) is 31.3 Å². The zero-order valence-electron chi connectivity index (χ0n) is 13.7. The van der Waals surface area contributed by atoms with Gasteiger partial charge < -0.3 is 11.1 Å². The summed E-state index contributed by atoms with van der Waals surface area (Å²) in [5.41, 5.74) is 8.85. The van der Waals surface area contributed by atoms with Crippen LogP contribution in [0.5, 0.6) is 0 Å². The van der Waals surface area contributed by atoms with E-state index in [4.69, 9.17) is 5.73 Å². The lowest BCUT2D eigenvalue weighted by molar-refractivity contribution is 0.146. The van der Waals surface area contributed by atoms with Crippen molar-refractivity contribution in [3.8, 4) is 11.1 Å². The Morgan fingerprint density at radius 3 is 2.84 bits per heavy atom. The Morgan fingerprint density at radius 2 is 2.08 bits per heavy atom. The van der Waals surface area contributed by atoms with Crippen molar-refractivity contribution in [2.45, 2.75) is 19.9 Å². The third kappa shape index (κ3) is 4.16. The Labute approximate surface area is 143 Å². The van der Waals surface area contributed by atoms with E-state index < -0.39 is 6.43 Å². The van der Waals surface area contributed by atoms with E-state index >= 15 is 0 Å². The van der Waals surface area contributed by atoms with Crippen LogP contribution < -0.4 is 11.1 Å². The maximum atomic E-state index is 12.8. The lowest BCUT2D eigenvalue weighted by atomic mass is 10.1. The predicted octanol–water partition coefficient (Wildman–Crippen LogP) is 3.29. The maximum absolute atomic E-state index is 12.8. The van der Waals surface area contributed by atoms with E-state index in [9.17, 15) is 8.78 Å². The maximum Gasteiger partial charge on any atom is 0.280 e. The first-order chi connectivity index (χ1) is 12.0. The molecule has 25 heavy (non-hydrogen) atoms. The minimum atomic E-state index is -2.63. The van der Waals surface area contributed by atoms with E-state index in [1.165, 1.54) is 12.3 Å². The normalized spacial score (nSPS) is 11.1. The third-order valence-corrected chi connectivity index (χ3v) is 3.56. The molecule has 0 saturated carbocycles. The van der Waals surface area contributed by atoms with Gasteiger partial charge in [0.05, 0.1) is 12.7 Å². The summed E-state index contributed by atoms with van der Waals surface area (Å²) in [7, 11) is 0. The highest BCUT2D eigenvalue weighted by atomic mass is 19.3. The Kier molecular flexibility index (Phi) is 4.99. The molecule has 0 unspecified atom stereocenters. The number of aryl methyl sites for hydroxylation is 1. The highest BCUT2D eigenvalue weighted by Crippen LogP contribution is 2.26. The molecule has 0 aliphatic rings. The number of nitrogens with one attached hydrogen (secondary N) is 1. The molecule has 6 nitrogen and oxygen atoms in total. The Balaban J connectivity index is 1.87. The molecule has 0 atom stereocenters. The fraction of sp³-hybridized carbons (Fsp3) is 0.235. The quantitative estimate of drug-likeness (QED) is 0.717. The van der Waals surface area contributed by atoms with Crippen molar-refractivity contribution in [3.63, 3.8) is 0 Å². The van der Waals surface area contributed by atoms with Gasteiger partial charge in [0.2, 0.25) is 5.95 Å². The van der Waals surface area contributed by atoms with Gasteiger partial charge in [-0.3, -0.25) is 4.68 Å². The lowest BCUT2D eigenvalue weighted by Gasteiger charge is -2.09. The number of aromatic nitrogens is 4. The van der Waals surface area contributed by atoms with Gasteiger partial charge in [0, 0.05) is 30.2 Å². The van der Waals surface area contributed by atoms with Gasteiger partial charge in [0.25, 0.3) is 6.43 Å². The van der Waals surface area contributed by atoms with Gasteiger partial charge in [0.15, 0.2) is 0 Å². The van der Waals surface area contributed by atoms with Crippen LogP contribution in [-0.2, 0) is 6.54 Å². The van der Waals surface area contributed by atoms with Gasteiger partial charge in [-0.05, 0) is 36.2 Å². The van der Waals surface area contributed by atoms with Crippen LogP contribution in [0.15, 0.2) is 42.9 Å². The average Bonchev–Trinajstić information content (AvgIpc) is 3.03. The van der Waals surface area contributed by atoms with Gasteiger partial charge in [-0.15, -0.1) is 0 Å². The van der Waals surface area contributed by atoms with Gasteiger partial charge in [-0.2, -0.15) is 5.10 Å². The first-order valence-corrected chi connectivity index (χ1v) is 7.78. The number of rotatable bonds is 6. The second-order valence-electron chi connectivity index (χ2n) is 5.60. The Hall–Kier alpha value is -2.87. The van der Waals surface area contributed by atoms with Crippen molar-refractivity contribution in [3.05, 3.63) is 54.1 Å². The summed E-state index contributed by atoms with van der Waals surface area (Å²) in [5.74, 6) is 0.133. The van der Waals surface area contributed by atoms with Gasteiger partial charge in [0.1, 0.15) is 5.69 Å². The molecule has 130 valence electrons. The van der Waals surface area contributed by atoms with E-state index in [0.717, 1.165) is 16.7 Å². The van der Waals surface area contributed by atoms with Crippen LogP contribution in [0.1, 0.15) is 17.7 Å². The third-order valence-electron chi connectivity index (χ3n) is 3.56. The lowest BCUT2D eigenvalue weighted by Crippen LogP contribution is -2.09. The molecule has 2 aromatic heterocycles. The second kappa shape index (κ2) is 7.35. The highest BCUT2D eigenvalue weighted by molar-refractivity contribution is 5.70. The summed E-state index contributed by atoms with van der Waals surface area (Å²) < 4.78 is 27.3. The molecule has 3 aromatic rings. The summed E-state index contributed by atoms with van der Waals surface area (Å²) in [6.07, 6.45) is 2.36. The molecule has 0 fully saturated rings. The van der Waals surface area contributed by atoms with E-state index in [2.05, 4.69) is 20.4 Å². The molecule has 0 aliphatic heterocycles. The van der Waals surface area contributed by atoms with E-state index in [1.54, 1.807) is 10.9 Å². The van der Waals surface area contributed by atoms with Crippen molar-refractivity contribution in [2.75, 3.05) is 11.9 Å². The highest BCUT2D eigenvalue weighted by Gasteiger charge is 2.10. The van der Waals surface area contributed by atoms with Crippen molar-refractivity contribution in [1.82, 2.24) is 19.7 Å². The summed E-state index contributed by atoms with van der Waals surface area (Å²) in [5, 5.41) is 7.24. The van der Waals surface area contributed by atoms with Gasteiger partial charge in [-0.25, -0.2) is 18.7 Å². The summed E-state index contributed by atoms with van der Waals surface area (Å²) in [6, 6.07) is 7.01. The number of nitrogens with two attached hydrogens (primary N) is 1. The van der Waals surface area contributed by atoms with Crippen molar-refractivity contribution in [2.24, 2.45) is 5.73 Å². The molecular formula is C17H18F2N6. The number of anilines is 2. The standard InChI is InChI=1S/C17H18F2N6/c1-11-6-12(13-9-22-25(10-13)5-3-20)8-14(7-11)23-17-21-4-2-15(24-17)16(18)19/h2,4,6-10,16H,3,5,20H2,1H3,(H,21,23,24). The number of alkyl halides is 2. The first-order valence-electron chi connectivity index (χ1n) is 7.78. The monoisotopic (exact) mass is 344 g/mol. The summed E-state index contributed by atoms with van der Waals surface area (Å²) in [6.45, 7) is 3.11. The van der Waals surface area contributed by atoms with Crippen molar-refractivity contribution < 1.29 is 8.78 Å². The smallest absolute Gasteiger partial charge is 0.280 e. The van der Waals surface area contributed by atoms with Crippen molar-refractivity contribution >= 4 is 11.6 Å². The molecule has 0 amide bonds. The fourth-order valence-corrected chi connectivity index (χ4v) is 2.47. The molecule has 0 bridgehead atoms. The molecule has 3 rings (SSSR count). The summed E-state index contributed by atoms with van der Waals surface area (Å²) in [4.78, 5) is 7.82. The van der Waals surface area contributed by atoms with Gasteiger partial charge >= 0.3 is 0 Å². The zero-order valence-corrected chi connectivity index (χ0v) is 13.7. The largest absolute Gasteiger partial charge is 0.329 e. The van der Waals surface area contributed by atoms with E-state index in [-0.39, 0.29) is 11.6 Å². The molecule has 2 heterocycles. The van der Waals surface area contributed by atoms with E-state index in [0.29, 0.717) is 18.8 Å². The number of nitrogens with zero attached hydrogens (tertiary/aromatic N) is 4. The average molecular weight is 344 g/mol. The minimum absolute atomic E-state index is 0.133. The minimum Gasteiger partial charge on any atom is -0.329 e. The molecule has 0 radical (unpaired) electrons.